The lowest BCUT2D eigenvalue weighted by Crippen LogP contribution is -2.30. The molecule has 8 rings (SSSR count). The highest BCUT2D eigenvalue weighted by Crippen LogP contribution is 2.25. The van der Waals surface area contributed by atoms with Gasteiger partial charge in [-0.2, -0.15) is 9.97 Å². The number of nitrogens with zero attached hydrogens (tertiary/aromatic N) is 6. The van der Waals surface area contributed by atoms with Crippen LogP contribution in [0.1, 0.15) is 33.4 Å². The van der Waals surface area contributed by atoms with Gasteiger partial charge in [-0.05, 0) is 97.5 Å². The van der Waals surface area contributed by atoms with E-state index in [9.17, 15) is 19.2 Å². The molecule has 4 heterocycles. The van der Waals surface area contributed by atoms with Gasteiger partial charge in [-0.25, -0.2) is 19.6 Å². The molecule has 0 spiro atoms. The maximum atomic E-state index is 12.3. The van der Waals surface area contributed by atoms with E-state index >= 15 is 0 Å². The Morgan fingerprint density at radius 1 is 0.561 bits per heavy atom. The average molecular weight is 785 g/mol. The number of aryl methyl sites for hydroxylation is 4. The quantitative estimate of drug-likeness (QED) is 0.113. The minimum Gasteiger partial charge on any atom is -0.321 e. The van der Waals surface area contributed by atoms with Crippen LogP contribution in [0.4, 0.5) is 0 Å². The number of H-pyrrole nitrogens is 2. The van der Waals surface area contributed by atoms with Crippen molar-refractivity contribution in [3.8, 4) is 23.0 Å². The molecule has 4 aliphatic heterocycles. The Balaban J connectivity index is 0.000000174. The number of nitrogens with one attached hydrogen (secondary N) is 4. The van der Waals surface area contributed by atoms with Gasteiger partial charge in [0.15, 0.2) is 23.0 Å². The van der Waals surface area contributed by atoms with E-state index in [1.807, 2.05) is 104 Å². The van der Waals surface area contributed by atoms with Gasteiger partial charge in [0.1, 0.15) is 0 Å². The highest BCUT2D eigenvalue weighted by molar-refractivity contribution is 6.30. The molecule has 4 aromatic carbocycles. The van der Waals surface area contributed by atoms with Crippen molar-refractivity contribution in [3.05, 3.63) is 159 Å². The van der Waals surface area contributed by atoms with Crippen LogP contribution in [0.25, 0.3) is 45.1 Å². The smallest absolute Gasteiger partial charge is 0.321 e. The standard InChI is InChI=1S/C21H20ClN5O2.C21H21N5O2/c1-12-9-16-17(10-13(12)2)27(19-18(24-16)20(28)26-21(29)25-19)8-7-23-11-14-3-5-15(22)6-4-14;1-13-10-16-17(11-14(13)2)26(9-8-22-12-15-6-4-3-5-7-15)19-18(23-16)20(27)25-21(28)24-19/h3-6,9-10,23H,7-8,11H2,1-2H3,(H,26,28,29);3-7,10-11,22H,8-9,12H2,1-2H3,(H,25,27,28). The Labute approximate surface area is 331 Å². The number of rotatable bonds is 10. The van der Waals surface area contributed by atoms with E-state index in [4.69, 9.17) is 11.6 Å². The van der Waals surface area contributed by atoms with Crippen LogP contribution in [0.15, 0.2) is 98.0 Å². The second kappa shape index (κ2) is 16.8. The molecule has 0 unspecified atom stereocenters. The molecular formula is C42H41ClN10O4. The molecule has 0 amide bonds. The van der Waals surface area contributed by atoms with E-state index in [-0.39, 0.29) is 11.4 Å². The monoisotopic (exact) mass is 784 g/mol. The first-order valence-electron chi connectivity index (χ1n) is 18.5. The molecule has 0 radical (unpaired) electrons. The van der Waals surface area contributed by atoms with Crippen molar-refractivity contribution >= 4 is 33.7 Å². The van der Waals surface area contributed by atoms with Crippen molar-refractivity contribution in [1.82, 2.24) is 49.7 Å². The van der Waals surface area contributed by atoms with E-state index in [2.05, 4.69) is 52.7 Å². The number of hydrogen-bond donors (Lipinski definition) is 4. The molecule has 0 fully saturated rings. The fourth-order valence-corrected chi connectivity index (χ4v) is 6.72. The lowest BCUT2D eigenvalue weighted by molar-refractivity contribution is 0.603. The zero-order valence-electron chi connectivity index (χ0n) is 31.9. The maximum Gasteiger partial charge on any atom is 0.349 e. The van der Waals surface area contributed by atoms with E-state index < -0.39 is 22.5 Å². The van der Waals surface area contributed by atoms with Crippen LogP contribution in [0.3, 0.4) is 0 Å². The van der Waals surface area contributed by atoms with Crippen LogP contribution in [0.2, 0.25) is 5.02 Å². The Kier molecular flexibility index (Phi) is 11.5. The van der Waals surface area contributed by atoms with Crippen LogP contribution in [-0.4, -0.2) is 52.1 Å². The molecule has 0 atom stereocenters. The molecule has 4 N–H and O–H groups in total. The minimum absolute atomic E-state index is 0.165. The number of fused-ring (bicyclic) bond motifs is 4. The Morgan fingerprint density at radius 3 is 1.44 bits per heavy atom. The van der Waals surface area contributed by atoms with Crippen molar-refractivity contribution in [2.75, 3.05) is 13.1 Å². The first-order valence-corrected chi connectivity index (χ1v) is 18.9. The topological polar surface area (TPSA) is 185 Å². The summed E-state index contributed by atoms with van der Waals surface area (Å²) in [4.78, 5) is 69.6. The summed E-state index contributed by atoms with van der Waals surface area (Å²) >= 11 is 5.92. The van der Waals surface area contributed by atoms with Crippen LogP contribution in [0, 0.1) is 27.7 Å². The Morgan fingerprint density at radius 2 is 0.982 bits per heavy atom. The highest BCUT2D eigenvalue weighted by Gasteiger charge is 2.20. The van der Waals surface area contributed by atoms with Crippen LogP contribution >= 0.6 is 11.6 Å². The third-order valence-electron chi connectivity index (χ3n) is 9.89. The lowest BCUT2D eigenvalue weighted by Gasteiger charge is -2.18. The molecule has 0 aliphatic carbocycles. The predicted molar refractivity (Wildman–Crippen MR) is 222 cm³/mol. The second-order valence-corrected chi connectivity index (χ2v) is 14.4. The molecule has 4 aromatic rings. The summed E-state index contributed by atoms with van der Waals surface area (Å²) < 4.78 is 3.79. The van der Waals surface area contributed by atoms with Crippen LogP contribution in [-0.2, 0) is 26.2 Å². The SMILES string of the molecule is Cc1cc2nc3c(=O)[nH]c(=O)nc-3n(CCNCc3ccc(Cl)cc3)c2cc1C.Cc1cc2nc3c(=O)[nH]c(=O)nc-3n(CCNCc3ccccc3)c2cc1C. The van der Waals surface area contributed by atoms with Crippen molar-refractivity contribution in [3.63, 3.8) is 0 Å². The lowest BCUT2D eigenvalue weighted by atomic mass is 10.1. The van der Waals surface area contributed by atoms with Gasteiger partial charge in [0, 0.05) is 44.3 Å². The molecule has 57 heavy (non-hydrogen) atoms. The van der Waals surface area contributed by atoms with Crippen LogP contribution < -0.4 is 33.1 Å². The summed E-state index contributed by atoms with van der Waals surface area (Å²) in [5, 5.41) is 7.48. The fourth-order valence-electron chi connectivity index (χ4n) is 6.60. The van der Waals surface area contributed by atoms with Gasteiger partial charge in [-0.1, -0.05) is 54.1 Å². The summed E-state index contributed by atoms with van der Waals surface area (Å²) in [7, 11) is 0. The van der Waals surface area contributed by atoms with Gasteiger partial charge in [0.25, 0.3) is 11.1 Å². The fraction of sp³-hybridized carbons (Fsp3) is 0.238. The summed E-state index contributed by atoms with van der Waals surface area (Å²) in [5.41, 5.74) is 7.80. The zero-order valence-corrected chi connectivity index (χ0v) is 32.7. The summed E-state index contributed by atoms with van der Waals surface area (Å²) in [5.74, 6) is 0.605. The molecule has 4 aliphatic rings. The first kappa shape index (κ1) is 38.9. The molecule has 15 heteroatoms. The van der Waals surface area contributed by atoms with Crippen molar-refractivity contribution in [1.29, 1.82) is 0 Å². The number of halogens is 1. The second-order valence-electron chi connectivity index (χ2n) is 13.9. The highest BCUT2D eigenvalue weighted by atomic mass is 35.5. The van der Waals surface area contributed by atoms with E-state index in [1.54, 1.807) is 0 Å². The van der Waals surface area contributed by atoms with Crippen molar-refractivity contribution in [2.24, 2.45) is 0 Å². The summed E-state index contributed by atoms with van der Waals surface area (Å²) in [6.07, 6.45) is 0. The predicted octanol–water partition coefficient (Wildman–Crippen LogP) is 4.64. The van der Waals surface area contributed by atoms with Crippen LogP contribution in [0.5, 0.6) is 0 Å². The average Bonchev–Trinajstić information content (AvgIpc) is 3.18. The Hall–Kier alpha value is -6.35. The van der Waals surface area contributed by atoms with Gasteiger partial charge in [-0.3, -0.25) is 19.6 Å². The van der Waals surface area contributed by atoms with E-state index in [1.165, 1.54) is 5.56 Å². The Bertz CT molecular complexity index is 2900. The van der Waals surface area contributed by atoms with E-state index in [0.717, 1.165) is 45.4 Å². The molecule has 0 saturated heterocycles. The van der Waals surface area contributed by atoms with E-state index in [0.29, 0.717) is 60.4 Å². The molecule has 14 nitrogen and oxygen atoms in total. The normalized spacial score (nSPS) is 11.4. The summed E-state index contributed by atoms with van der Waals surface area (Å²) in [6.45, 7) is 11.8. The van der Waals surface area contributed by atoms with Gasteiger partial charge in [0.2, 0.25) is 0 Å². The molecular weight excluding hydrogens is 744 g/mol. The maximum absolute atomic E-state index is 12.3. The molecule has 0 bridgehead atoms. The number of aromatic amines is 2. The minimum atomic E-state index is -0.671. The summed E-state index contributed by atoms with van der Waals surface area (Å²) in [6, 6.07) is 25.7. The van der Waals surface area contributed by atoms with Crippen molar-refractivity contribution in [2.45, 2.75) is 53.9 Å². The zero-order chi connectivity index (χ0) is 40.2. The largest absolute Gasteiger partial charge is 0.349 e. The molecule has 0 aromatic heterocycles. The molecule has 290 valence electrons. The third-order valence-corrected chi connectivity index (χ3v) is 10.1. The first-order chi connectivity index (χ1) is 27.4. The van der Waals surface area contributed by atoms with Gasteiger partial charge >= 0.3 is 11.4 Å². The van der Waals surface area contributed by atoms with Gasteiger partial charge in [-0.15, -0.1) is 0 Å². The number of hydrogen-bond acceptors (Lipinski definition) is 10. The van der Waals surface area contributed by atoms with Gasteiger partial charge < -0.3 is 19.8 Å². The van der Waals surface area contributed by atoms with Gasteiger partial charge in [0.05, 0.1) is 22.1 Å². The third kappa shape index (κ3) is 8.73. The number of benzene rings is 4. The number of aromatic nitrogens is 8. The van der Waals surface area contributed by atoms with Crippen molar-refractivity contribution < 1.29 is 0 Å². The molecule has 0 saturated carbocycles.